The van der Waals surface area contributed by atoms with Crippen molar-refractivity contribution < 1.29 is 19.1 Å². The number of carboxylic acids is 1. The lowest BCUT2D eigenvalue weighted by Crippen LogP contribution is -2.39. The van der Waals surface area contributed by atoms with Gasteiger partial charge in [0.25, 0.3) is 0 Å². The van der Waals surface area contributed by atoms with E-state index in [2.05, 4.69) is 21.2 Å². The van der Waals surface area contributed by atoms with E-state index in [0.29, 0.717) is 10.2 Å². The first-order valence-electron chi connectivity index (χ1n) is 5.61. The second kappa shape index (κ2) is 5.69. The molecule has 0 spiro atoms. The number of rotatable bonds is 3. The lowest BCUT2D eigenvalue weighted by molar-refractivity contribution is -0.149. The van der Waals surface area contributed by atoms with Gasteiger partial charge >= 0.3 is 5.97 Å². The molecule has 0 heterocycles. The third-order valence-electron chi connectivity index (χ3n) is 2.56. The van der Waals surface area contributed by atoms with Crippen LogP contribution in [0.5, 0.6) is 0 Å². The number of amides is 1. The number of nitrogens with one attached hydrogen (secondary N) is 1. The zero-order valence-electron chi connectivity index (χ0n) is 10.8. The third kappa shape index (κ3) is 4.02. The first-order valence-corrected chi connectivity index (χ1v) is 6.41. The van der Waals surface area contributed by atoms with E-state index < -0.39 is 29.0 Å². The van der Waals surface area contributed by atoms with Crippen LogP contribution in [0.2, 0.25) is 0 Å². The predicted molar refractivity (Wildman–Crippen MR) is 73.3 cm³/mol. The fourth-order valence-electron chi connectivity index (χ4n) is 1.67. The summed E-state index contributed by atoms with van der Waals surface area (Å²) in [6, 6.07) is 3.76. The number of anilines is 1. The molecule has 4 nitrogen and oxygen atoms in total. The smallest absolute Gasteiger partial charge is 0.316 e. The largest absolute Gasteiger partial charge is 0.481 e. The van der Waals surface area contributed by atoms with Crippen molar-refractivity contribution in [3.05, 3.63) is 28.5 Å². The highest BCUT2D eigenvalue weighted by atomic mass is 79.9. The summed E-state index contributed by atoms with van der Waals surface area (Å²) in [7, 11) is 0. The number of carbonyl (C=O) groups excluding carboxylic acids is 1. The number of halogens is 2. The number of hydrogen-bond acceptors (Lipinski definition) is 2. The molecule has 1 aromatic carbocycles. The van der Waals surface area contributed by atoms with Crippen molar-refractivity contribution >= 4 is 33.5 Å². The van der Waals surface area contributed by atoms with Gasteiger partial charge in [0.1, 0.15) is 11.7 Å². The maximum atomic E-state index is 12.9. The number of aliphatic carboxylic acids is 1. The Morgan fingerprint density at radius 1 is 1.37 bits per heavy atom. The molecule has 1 unspecified atom stereocenters. The van der Waals surface area contributed by atoms with Crippen molar-refractivity contribution in [2.24, 2.45) is 11.3 Å². The molecule has 1 aromatic rings. The lowest BCUT2D eigenvalue weighted by atomic mass is 9.80. The second-order valence-electron chi connectivity index (χ2n) is 5.25. The normalized spacial score (nSPS) is 12.9. The van der Waals surface area contributed by atoms with Crippen molar-refractivity contribution in [2.75, 3.05) is 5.32 Å². The van der Waals surface area contributed by atoms with Gasteiger partial charge in [0.05, 0.1) is 5.69 Å². The fourth-order valence-corrected chi connectivity index (χ4v) is 2.12. The van der Waals surface area contributed by atoms with E-state index in [-0.39, 0.29) is 0 Å². The van der Waals surface area contributed by atoms with Gasteiger partial charge in [-0.2, -0.15) is 0 Å². The Kier molecular flexibility index (Phi) is 4.68. The molecule has 0 aliphatic heterocycles. The van der Waals surface area contributed by atoms with Crippen LogP contribution in [0.25, 0.3) is 0 Å². The Labute approximate surface area is 119 Å². The summed E-state index contributed by atoms with van der Waals surface area (Å²) in [6.07, 6.45) is 0. The van der Waals surface area contributed by atoms with Crippen LogP contribution < -0.4 is 5.32 Å². The van der Waals surface area contributed by atoms with Gasteiger partial charge in [-0.15, -0.1) is 0 Å². The zero-order valence-corrected chi connectivity index (χ0v) is 12.4. The molecule has 0 aliphatic carbocycles. The molecule has 2 N–H and O–H groups in total. The Morgan fingerprint density at radius 3 is 2.37 bits per heavy atom. The predicted octanol–water partition coefficient (Wildman–Crippen LogP) is 3.27. The third-order valence-corrected chi connectivity index (χ3v) is 3.22. The van der Waals surface area contributed by atoms with Gasteiger partial charge in [0, 0.05) is 4.47 Å². The minimum absolute atomic E-state index is 0.335. The molecule has 0 aromatic heterocycles. The zero-order chi connectivity index (χ0) is 14.8. The highest BCUT2D eigenvalue weighted by molar-refractivity contribution is 9.10. The first-order chi connectivity index (χ1) is 8.62. The summed E-state index contributed by atoms with van der Waals surface area (Å²) in [5.74, 6) is -3.46. The van der Waals surface area contributed by atoms with Crippen LogP contribution in [-0.2, 0) is 9.59 Å². The molecular weight excluding hydrogens is 317 g/mol. The van der Waals surface area contributed by atoms with Crippen molar-refractivity contribution in [3.63, 3.8) is 0 Å². The van der Waals surface area contributed by atoms with E-state index in [0.717, 1.165) is 0 Å². The first kappa shape index (κ1) is 15.6. The van der Waals surface area contributed by atoms with Gasteiger partial charge in [-0.1, -0.05) is 20.8 Å². The fraction of sp³-hybridized carbons (Fsp3) is 0.385. The van der Waals surface area contributed by atoms with E-state index in [1.165, 1.54) is 18.2 Å². The topological polar surface area (TPSA) is 66.4 Å². The van der Waals surface area contributed by atoms with E-state index in [1.807, 2.05) is 0 Å². The highest BCUT2D eigenvalue weighted by Crippen LogP contribution is 2.29. The molecule has 1 atom stereocenters. The van der Waals surface area contributed by atoms with Crippen LogP contribution in [0.15, 0.2) is 22.7 Å². The Balaban J connectivity index is 2.97. The van der Waals surface area contributed by atoms with E-state index in [9.17, 15) is 14.0 Å². The molecule has 0 fully saturated rings. The molecule has 0 saturated heterocycles. The van der Waals surface area contributed by atoms with Crippen LogP contribution >= 0.6 is 15.9 Å². The quantitative estimate of drug-likeness (QED) is 0.835. The Morgan fingerprint density at radius 2 is 1.95 bits per heavy atom. The van der Waals surface area contributed by atoms with E-state index in [1.54, 1.807) is 20.8 Å². The maximum Gasteiger partial charge on any atom is 0.316 e. The minimum Gasteiger partial charge on any atom is -0.481 e. The minimum atomic E-state index is -1.19. The van der Waals surface area contributed by atoms with Gasteiger partial charge in [0.2, 0.25) is 5.91 Å². The SMILES string of the molecule is CC(C)(C)C(C(=O)O)C(=O)Nc1ccc(F)cc1Br. The molecule has 0 aliphatic rings. The Bertz CT molecular complexity index is 511. The second-order valence-corrected chi connectivity index (χ2v) is 6.11. The standard InChI is InChI=1S/C13H15BrFNO3/c1-13(2,3)10(12(18)19)11(17)16-9-5-4-7(15)6-8(9)14/h4-6,10H,1-3H3,(H,16,17)(H,18,19). The summed E-state index contributed by atoms with van der Waals surface area (Å²) in [6.45, 7) is 5.02. The molecular formula is C13H15BrFNO3. The number of carbonyl (C=O) groups is 2. The summed E-state index contributed by atoms with van der Waals surface area (Å²) >= 11 is 3.11. The average molecular weight is 332 g/mol. The van der Waals surface area contributed by atoms with Gasteiger partial charge in [0.15, 0.2) is 0 Å². The van der Waals surface area contributed by atoms with E-state index >= 15 is 0 Å². The monoisotopic (exact) mass is 331 g/mol. The molecule has 1 rings (SSSR count). The summed E-state index contributed by atoms with van der Waals surface area (Å²) in [4.78, 5) is 23.2. The van der Waals surface area contributed by atoms with Crippen LogP contribution in [0.1, 0.15) is 20.8 Å². The van der Waals surface area contributed by atoms with Crippen molar-refractivity contribution in [1.82, 2.24) is 0 Å². The molecule has 6 heteroatoms. The summed E-state index contributed by atoms with van der Waals surface area (Å²) < 4.78 is 13.3. The number of carboxylic acid groups (broad SMARTS) is 1. The van der Waals surface area contributed by atoms with Gasteiger partial charge in [-0.25, -0.2) is 4.39 Å². The Hall–Kier alpha value is -1.43. The van der Waals surface area contributed by atoms with Crippen LogP contribution in [0, 0.1) is 17.2 Å². The van der Waals surface area contributed by atoms with Crippen LogP contribution in [0.3, 0.4) is 0 Å². The number of hydrogen-bond donors (Lipinski definition) is 2. The molecule has 0 saturated carbocycles. The molecule has 0 bridgehead atoms. The summed E-state index contributed by atoms with van der Waals surface area (Å²) in [5.41, 5.74) is -0.385. The van der Waals surface area contributed by atoms with Gasteiger partial charge in [-0.05, 0) is 39.5 Å². The highest BCUT2D eigenvalue weighted by Gasteiger charge is 2.37. The number of benzene rings is 1. The molecule has 19 heavy (non-hydrogen) atoms. The molecule has 104 valence electrons. The molecule has 0 radical (unpaired) electrons. The van der Waals surface area contributed by atoms with Gasteiger partial charge in [-0.3, -0.25) is 9.59 Å². The molecule has 1 amide bonds. The van der Waals surface area contributed by atoms with Gasteiger partial charge < -0.3 is 10.4 Å². The van der Waals surface area contributed by atoms with Crippen molar-refractivity contribution in [1.29, 1.82) is 0 Å². The van der Waals surface area contributed by atoms with Crippen LogP contribution in [-0.4, -0.2) is 17.0 Å². The summed E-state index contributed by atoms with van der Waals surface area (Å²) in [5, 5.41) is 11.6. The van der Waals surface area contributed by atoms with Crippen LogP contribution in [0.4, 0.5) is 10.1 Å². The maximum absolute atomic E-state index is 12.9. The lowest BCUT2D eigenvalue weighted by Gasteiger charge is -2.26. The average Bonchev–Trinajstić information content (AvgIpc) is 2.19. The van der Waals surface area contributed by atoms with Crippen molar-refractivity contribution in [3.8, 4) is 0 Å². The van der Waals surface area contributed by atoms with Crippen molar-refractivity contribution in [2.45, 2.75) is 20.8 Å². The van der Waals surface area contributed by atoms with E-state index in [4.69, 9.17) is 5.11 Å².